The Balaban J connectivity index is 0.982. The van der Waals surface area contributed by atoms with Crippen molar-refractivity contribution in [1.29, 1.82) is 0 Å². The van der Waals surface area contributed by atoms with Gasteiger partial charge in [-0.3, -0.25) is 15.1 Å². The van der Waals surface area contributed by atoms with Crippen LogP contribution in [0.25, 0.3) is 0 Å². The van der Waals surface area contributed by atoms with E-state index in [4.69, 9.17) is 23.9 Å². The first-order valence-electron chi connectivity index (χ1n) is 31.3. The number of fused-ring (bicyclic) bond motifs is 12. The zero-order valence-corrected chi connectivity index (χ0v) is 48.0. The summed E-state index contributed by atoms with van der Waals surface area (Å²) in [6, 6.07) is 13.4. The second-order valence-corrected chi connectivity index (χ2v) is 27.3. The van der Waals surface area contributed by atoms with E-state index in [2.05, 4.69) is 77.2 Å². The summed E-state index contributed by atoms with van der Waals surface area (Å²) >= 11 is 0. The minimum atomic E-state index is -1.21. The Bertz CT molecular complexity index is 2930. The highest BCUT2D eigenvalue weighted by atomic mass is 16.6. The third-order valence-electron chi connectivity index (χ3n) is 23.7. The van der Waals surface area contributed by atoms with Crippen LogP contribution >= 0.6 is 0 Å². The fourth-order valence-electron chi connectivity index (χ4n) is 20.6. The molecule has 18 atom stereocenters. The quantitative estimate of drug-likeness (QED) is 0.105. The minimum absolute atomic E-state index is 0.00690. The molecular formula is C68H88N4O8. The normalized spacial score (nSPS) is 42.3. The van der Waals surface area contributed by atoms with Gasteiger partial charge in [-0.15, -0.1) is 0 Å². The molecule has 3 aliphatic heterocycles. The van der Waals surface area contributed by atoms with E-state index in [1.54, 1.807) is 20.2 Å². The summed E-state index contributed by atoms with van der Waals surface area (Å²) < 4.78 is 27.5. The molecule has 80 heavy (non-hydrogen) atoms. The van der Waals surface area contributed by atoms with Crippen molar-refractivity contribution in [2.24, 2.45) is 86.8 Å². The van der Waals surface area contributed by atoms with Crippen molar-refractivity contribution >= 4 is 17.4 Å². The first-order chi connectivity index (χ1) is 38.9. The summed E-state index contributed by atoms with van der Waals surface area (Å²) in [6.45, 7) is 3.13. The summed E-state index contributed by atoms with van der Waals surface area (Å²) in [5, 5.41) is 45.0. The topological polar surface area (TPSA) is 163 Å². The van der Waals surface area contributed by atoms with Crippen LogP contribution in [0.1, 0.15) is 153 Å². The van der Waals surface area contributed by atoms with Crippen LogP contribution in [0.4, 0.5) is 5.69 Å². The number of carbonyl (C=O) groups excluding carboxylic acids is 1. The number of aliphatic hydroxyl groups is 2. The Hall–Kier alpha value is -4.98. The highest BCUT2D eigenvalue weighted by Crippen LogP contribution is 2.70. The number of nitrogens with one attached hydrogen (secondary N) is 3. The van der Waals surface area contributed by atoms with Crippen LogP contribution < -0.4 is 30.2 Å². The van der Waals surface area contributed by atoms with Crippen molar-refractivity contribution in [2.45, 2.75) is 171 Å². The van der Waals surface area contributed by atoms with Crippen LogP contribution in [-0.2, 0) is 21.4 Å². The molecule has 12 heteroatoms. The van der Waals surface area contributed by atoms with E-state index in [-0.39, 0.29) is 70.6 Å². The fourth-order valence-corrected chi connectivity index (χ4v) is 20.6. The van der Waals surface area contributed by atoms with Gasteiger partial charge in [-0.1, -0.05) is 75.2 Å². The molecule has 8 fully saturated rings. The largest absolute Gasteiger partial charge is 0.504 e. The lowest BCUT2D eigenvalue weighted by Gasteiger charge is -2.59. The molecule has 2 spiro atoms. The monoisotopic (exact) mass is 1090 g/mol. The molecule has 7 saturated carbocycles. The molecule has 6 bridgehead atoms. The number of ketones is 1. The minimum Gasteiger partial charge on any atom is -0.504 e. The lowest BCUT2D eigenvalue weighted by molar-refractivity contribution is -0.329. The van der Waals surface area contributed by atoms with Crippen LogP contribution in [0.5, 0.6) is 23.0 Å². The van der Waals surface area contributed by atoms with Crippen molar-refractivity contribution in [3.05, 3.63) is 65.8 Å². The van der Waals surface area contributed by atoms with Gasteiger partial charge in [0.2, 0.25) is 11.7 Å². The standard InChI is InChI=1S/C68H88N4O8/c1-5-42-17-21-49-50(14-10-29-73)52-15-8-27-67(52)48-34-56(72-63(70-3)71-28-9-13-47-12-7-26-66(47,61(75)24-22-53(67)51(49)31-42)36-43-18-23-57(74)59(32-43)77-4)62-60(35-48)79-65(41-69-2)38-55-44(25-30-78-62)19-20-46-37-64(55,39-65)40-68(76)54(46)33-45-11-6-16-58(45)80-68/h18-20,22-24,32,34-35,42,44-47,49-55,58,69,73-74,76H,5-8,10-17,21,26-27,29,31,33,36-41H2,1-4H3,(H2,70,71,72). The maximum Gasteiger partial charge on any atom is 0.207 e. The van der Waals surface area contributed by atoms with Gasteiger partial charge in [0.15, 0.2) is 28.8 Å². The molecule has 1 saturated heterocycles. The Morgan fingerprint density at radius 3 is 2.67 bits per heavy atom. The molecule has 0 radical (unpaired) electrons. The lowest BCUT2D eigenvalue weighted by atomic mass is 9.45. The molecule has 2 aromatic carbocycles. The summed E-state index contributed by atoms with van der Waals surface area (Å²) in [7, 11) is 5.37. The van der Waals surface area contributed by atoms with Crippen LogP contribution in [0.3, 0.4) is 0 Å². The number of benzene rings is 2. The molecular weight excluding hydrogens is 1000 g/mol. The van der Waals surface area contributed by atoms with Gasteiger partial charge in [-0.05, 0) is 209 Å². The van der Waals surface area contributed by atoms with E-state index >= 15 is 4.79 Å². The van der Waals surface area contributed by atoms with Crippen molar-refractivity contribution in [3.8, 4) is 47.0 Å². The molecule has 428 valence electrons. The number of phenolic OH excluding ortho intramolecular Hbond substituents is 1. The highest BCUT2D eigenvalue weighted by Gasteiger charge is 2.68. The summed E-state index contributed by atoms with van der Waals surface area (Å²) in [5.74, 6) is 11.1. The number of nitrogens with zero attached hydrogens (tertiary/aromatic N) is 1. The molecule has 2 aromatic rings. The van der Waals surface area contributed by atoms with Gasteiger partial charge in [-0.25, -0.2) is 0 Å². The van der Waals surface area contributed by atoms with E-state index in [0.29, 0.717) is 90.2 Å². The molecule has 6 N–H and O–H groups in total. The van der Waals surface area contributed by atoms with Gasteiger partial charge in [0, 0.05) is 61.8 Å². The smallest absolute Gasteiger partial charge is 0.207 e. The van der Waals surface area contributed by atoms with Crippen molar-refractivity contribution in [1.82, 2.24) is 10.6 Å². The summed E-state index contributed by atoms with van der Waals surface area (Å²) in [5.41, 5.74) is 0.791. The number of aliphatic hydroxyl groups excluding tert-OH is 1. The van der Waals surface area contributed by atoms with Crippen molar-refractivity contribution in [2.75, 3.05) is 39.7 Å². The van der Waals surface area contributed by atoms with E-state index in [1.807, 2.05) is 25.3 Å². The van der Waals surface area contributed by atoms with Crippen molar-refractivity contribution in [3.63, 3.8) is 0 Å². The van der Waals surface area contributed by atoms with E-state index < -0.39 is 16.8 Å². The number of likely N-dealkylation sites (N-methyl/N-ethyl adjacent to an activating group) is 1. The average Bonchev–Trinajstić information content (AvgIpc) is 4.36. The molecule has 11 aliphatic rings. The van der Waals surface area contributed by atoms with Crippen LogP contribution in [0.2, 0.25) is 0 Å². The number of rotatable bonds is 9. The first-order valence-corrected chi connectivity index (χ1v) is 31.3. The number of hydrogen-bond acceptors (Lipinski definition) is 10. The molecule has 13 rings (SSSR count). The summed E-state index contributed by atoms with van der Waals surface area (Å²) in [6.07, 6.45) is 33.1. The number of aliphatic imine (C=N–C) groups is 1. The maximum absolute atomic E-state index is 15.9. The fraction of sp³-hybridized carbons (Fsp3) is 0.676. The lowest BCUT2D eigenvalue weighted by Crippen LogP contribution is -2.59. The number of phenols is 1. The zero-order chi connectivity index (χ0) is 55.0. The predicted octanol–water partition coefficient (Wildman–Crippen LogP) is 11.0. The number of anilines is 1. The van der Waals surface area contributed by atoms with Crippen LogP contribution in [-0.4, -0.2) is 78.9 Å². The second kappa shape index (κ2) is 21.3. The third kappa shape index (κ3) is 9.01. The number of hydrogen-bond donors (Lipinski definition) is 6. The van der Waals surface area contributed by atoms with Gasteiger partial charge in [0.05, 0.1) is 18.9 Å². The number of carbonyl (C=O) groups is 1. The van der Waals surface area contributed by atoms with Gasteiger partial charge in [0.25, 0.3) is 0 Å². The Kier molecular flexibility index (Phi) is 14.5. The zero-order valence-electron chi connectivity index (χ0n) is 48.0. The number of ether oxygens (including phenoxy) is 4. The van der Waals surface area contributed by atoms with Gasteiger partial charge >= 0.3 is 0 Å². The first kappa shape index (κ1) is 54.3. The molecule has 3 heterocycles. The molecule has 0 amide bonds. The number of guanidine groups is 1. The molecule has 8 aliphatic carbocycles. The maximum atomic E-state index is 15.9. The van der Waals surface area contributed by atoms with E-state index in [0.717, 1.165) is 108 Å². The van der Waals surface area contributed by atoms with Crippen LogP contribution in [0.15, 0.2) is 59.6 Å². The predicted molar refractivity (Wildman–Crippen MR) is 310 cm³/mol. The molecule has 0 aromatic heterocycles. The van der Waals surface area contributed by atoms with Gasteiger partial charge in [0.1, 0.15) is 11.7 Å². The summed E-state index contributed by atoms with van der Waals surface area (Å²) in [4.78, 5) is 20.7. The Morgan fingerprint density at radius 2 is 1.84 bits per heavy atom. The third-order valence-corrected chi connectivity index (χ3v) is 23.7. The Labute approximate surface area is 475 Å². The van der Waals surface area contributed by atoms with Gasteiger partial charge in [-0.2, -0.15) is 0 Å². The van der Waals surface area contributed by atoms with Crippen LogP contribution in [0, 0.1) is 106 Å². The SMILES string of the molecule is CCC1CCC2C(C1)C1C=CC(=O)C3(Cc4ccc(O)c(OC)c4)CCCC3CC#CNC(=NC)Nc3cc(cc4c3OC#CC3C=CC5CC6(CC(CNC)(CC36)O4)CC3(O)OC4CCCC4CC53)C13CCCC3C2CCCO. The van der Waals surface area contributed by atoms with Gasteiger partial charge < -0.3 is 44.9 Å². The number of methoxy groups -OCH3 is 1. The second-order valence-electron chi connectivity index (χ2n) is 27.3. The number of aromatic hydroxyl groups is 1. The molecule has 18 unspecified atom stereocenters. The molecule has 12 nitrogen and oxygen atoms in total. The average molecular weight is 1090 g/mol. The highest BCUT2D eigenvalue weighted by molar-refractivity contribution is 5.97. The van der Waals surface area contributed by atoms with E-state index in [1.165, 1.54) is 24.8 Å². The van der Waals surface area contributed by atoms with E-state index in [9.17, 15) is 15.3 Å². The Morgan fingerprint density at radius 1 is 0.950 bits per heavy atom. The number of allylic oxidation sites excluding steroid dienone is 4. The van der Waals surface area contributed by atoms with Crippen molar-refractivity contribution < 1.29 is 39.1 Å².